The first-order valence-corrected chi connectivity index (χ1v) is 16.1. The fourth-order valence-corrected chi connectivity index (χ4v) is 5.94. The molecule has 1 saturated heterocycles. The highest BCUT2D eigenvalue weighted by atomic mass is 32.2. The van der Waals surface area contributed by atoms with Crippen molar-refractivity contribution in [3.63, 3.8) is 0 Å². The van der Waals surface area contributed by atoms with Crippen molar-refractivity contribution in [2.45, 2.75) is 32.0 Å². The molecule has 0 unspecified atom stereocenters. The van der Waals surface area contributed by atoms with Crippen molar-refractivity contribution in [3.8, 4) is 5.75 Å². The number of nitrogens with one attached hydrogen (secondary N) is 2. The van der Waals surface area contributed by atoms with Gasteiger partial charge in [0.1, 0.15) is 17.8 Å². The molecule has 3 aromatic carbocycles. The molecule has 1 fully saturated rings. The summed E-state index contributed by atoms with van der Waals surface area (Å²) in [6, 6.07) is 20.1. The Hall–Kier alpha value is -3.96. The summed E-state index contributed by atoms with van der Waals surface area (Å²) < 4.78 is 15.6. The van der Waals surface area contributed by atoms with Crippen LogP contribution in [0.1, 0.15) is 34.0 Å². The lowest BCUT2D eigenvalue weighted by atomic mass is 10.0. The number of benzene rings is 3. The quantitative estimate of drug-likeness (QED) is 0.185. The van der Waals surface area contributed by atoms with E-state index in [0.29, 0.717) is 41.3 Å². The lowest BCUT2D eigenvalue weighted by Crippen LogP contribution is -2.55. The zero-order valence-corrected chi connectivity index (χ0v) is 25.1. The maximum atomic E-state index is 13.5. The van der Waals surface area contributed by atoms with Gasteiger partial charge >= 0.3 is 7.82 Å². The number of ketones is 1. The van der Waals surface area contributed by atoms with Crippen molar-refractivity contribution >= 4 is 43.1 Å². The summed E-state index contributed by atoms with van der Waals surface area (Å²) in [4.78, 5) is 71.0. The monoisotopic (exact) mass is 625 g/mol. The third kappa shape index (κ3) is 9.52. The number of rotatable bonds is 11. The van der Waals surface area contributed by atoms with E-state index in [1.54, 1.807) is 29.2 Å². The molecule has 0 aromatic heterocycles. The van der Waals surface area contributed by atoms with Crippen LogP contribution in [-0.4, -0.2) is 68.3 Å². The van der Waals surface area contributed by atoms with Crippen molar-refractivity contribution in [2.75, 3.05) is 18.1 Å². The van der Waals surface area contributed by atoms with Crippen molar-refractivity contribution in [1.82, 2.24) is 15.5 Å². The molecule has 3 aromatic rings. The number of hydrogen-bond acceptors (Lipinski definition) is 7. The molecule has 0 aliphatic carbocycles. The van der Waals surface area contributed by atoms with Crippen LogP contribution in [0.5, 0.6) is 5.75 Å². The Morgan fingerprint density at radius 2 is 1.60 bits per heavy atom. The van der Waals surface area contributed by atoms with Gasteiger partial charge in [-0.1, -0.05) is 66.7 Å². The van der Waals surface area contributed by atoms with Gasteiger partial charge in [-0.25, -0.2) is 4.57 Å². The highest BCUT2D eigenvalue weighted by molar-refractivity contribution is 7.99. The Balaban J connectivity index is 1.40. The summed E-state index contributed by atoms with van der Waals surface area (Å²) in [7, 11) is -4.71. The first kappa shape index (κ1) is 32.0. The minimum absolute atomic E-state index is 0.0452. The van der Waals surface area contributed by atoms with Crippen molar-refractivity contribution in [1.29, 1.82) is 0 Å². The van der Waals surface area contributed by atoms with Crippen LogP contribution in [0.4, 0.5) is 0 Å². The van der Waals surface area contributed by atoms with E-state index in [1.165, 1.54) is 43.0 Å². The van der Waals surface area contributed by atoms with Crippen LogP contribution >= 0.6 is 19.6 Å². The summed E-state index contributed by atoms with van der Waals surface area (Å²) in [5, 5.41) is 5.41. The maximum absolute atomic E-state index is 13.5. The molecule has 0 bridgehead atoms. The molecule has 43 heavy (non-hydrogen) atoms. The number of carbonyl (C=O) groups excluding carboxylic acids is 4. The van der Waals surface area contributed by atoms with Crippen LogP contribution < -0.4 is 15.2 Å². The third-order valence-corrected chi connectivity index (χ3v) is 8.11. The van der Waals surface area contributed by atoms with Gasteiger partial charge in [0.15, 0.2) is 5.78 Å². The predicted molar refractivity (Wildman–Crippen MR) is 161 cm³/mol. The molecule has 2 atom stereocenters. The third-order valence-electron chi connectivity index (χ3n) is 6.62. The predicted octanol–water partition coefficient (Wildman–Crippen LogP) is 2.70. The molecule has 1 aliphatic heterocycles. The summed E-state index contributed by atoms with van der Waals surface area (Å²) >= 11 is 1.54. The number of thioether (sulfide) groups is 1. The van der Waals surface area contributed by atoms with E-state index >= 15 is 0 Å². The SMILES string of the molecule is CC(=O)N[C@@H](Cc1ccc(OP(=O)(O)O)cc1)C(=O)N[C@H]1CSCCN(Cc2ccc(C(=O)c3ccccc3)cc2)C1=O. The number of phosphoric ester groups is 1. The van der Waals surface area contributed by atoms with Crippen LogP contribution in [-0.2, 0) is 31.9 Å². The number of phosphoric acid groups is 1. The minimum Gasteiger partial charge on any atom is -0.404 e. The zero-order chi connectivity index (χ0) is 31.0. The zero-order valence-electron chi connectivity index (χ0n) is 23.3. The Labute approximate surface area is 253 Å². The van der Waals surface area contributed by atoms with Crippen LogP contribution in [0.3, 0.4) is 0 Å². The average Bonchev–Trinajstić information content (AvgIpc) is 3.14. The Bertz CT molecular complexity index is 1500. The summed E-state index contributed by atoms with van der Waals surface area (Å²) in [5.41, 5.74) is 2.59. The highest BCUT2D eigenvalue weighted by Crippen LogP contribution is 2.37. The van der Waals surface area contributed by atoms with Gasteiger partial charge in [0.05, 0.1) is 0 Å². The molecule has 13 heteroatoms. The summed E-state index contributed by atoms with van der Waals surface area (Å²) in [6.45, 7) is 2.08. The van der Waals surface area contributed by atoms with Gasteiger partial charge < -0.3 is 20.1 Å². The molecule has 4 N–H and O–H groups in total. The number of amides is 3. The second-order valence-corrected chi connectivity index (χ2v) is 12.3. The lowest BCUT2D eigenvalue weighted by molar-refractivity contribution is -0.136. The number of carbonyl (C=O) groups is 4. The van der Waals surface area contributed by atoms with E-state index < -0.39 is 31.7 Å². The molecule has 4 rings (SSSR count). The Morgan fingerprint density at radius 3 is 2.23 bits per heavy atom. The van der Waals surface area contributed by atoms with Gasteiger partial charge in [0, 0.05) is 49.1 Å². The maximum Gasteiger partial charge on any atom is 0.524 e. The van der Waals surface area contributed by atoms with Crippen molar-refractivity contribution in [3.05, 3.63) is 101 Å². The van der Waals surface area contributed by atoms with E-state index in [-0.39, 0.29) is 23.9 Å². The first-order chi connectivity index (χ1) is 20.5. The molecule has 226 valence electrons. The van der Waals surface area contributed by atoms with Crippen LogP contribution in [0.25, 0.3) is 0 Å². The summed E-state index contributed by atoms with van der Waals surface area (Å²) in [5.74, 6) is -0.293. The van der Waals surface area contributed by atoms with Gasteiger partial charge in [-0.15, -0.1) is 0 Å². The van der Waals surface area contributed by atoms with E-state index in [2.05, 4.69) is 15.2 Å². The molecular weight excluding hydrogens is 593 g/mol. The largest absolute Gasteiger partial charge is 0.524 e. The second kappa shape index (κ2) is 14.5. The molecule has 1 heterocycles. The van der Waals surface area contributed by atoms with Gasteiger partial charge in [-0.05, 0) is 23.3 Å². The molecular formula is C30H32N3O8PS. The number of hydrogen-bond donors (Lipinski definition) is 4. The number of nitrogens with zero attached hydrogens (tertiary/aromatic N) is 1. The van der Waals surface area contributed by atoms with Gasteiger partial charge in [0.2, 0.25) is 17.7 Å². The van der Waals surface area contributed by atoms with Crippen molar-refractivity contribution < 1.29 is 38.1 Å². The molecule has 3 amide bonds. The first-order valence-electron chi connectivity index (χ1n) is 13.5. The van der Waals surface area contributed by atoms with Gasteiger partial charge in [-0.3, -0.25) is 29.0 Å². The Morgan fingerprint density at radius 1 is 0.977 bits per heavy atom. The second-order valence-electron chi connectivity index (χ2n) is 9.97. The molecule has 0 saturated carbocycles. The standard InChI is InChI=1S/C30H32N3O8PS/c1-20(34)31-26(17-21-9-13-25(14-10-21)41-42(38,39)40)29(36)32-27-19-43-16-15-33(30(27)37)18-22-7-11-24(12-8-22)28(35)23-5-3-2-4-6-23/h2-14,26-27H,15-19H2,1H3,(H,31,34)(H,32,36)(H2,38,39,40)/t26-,27-/m0/s1. The molecule has 0 radical (unpaired) electrons. The van der Waals surface area contributed by atoms with E-state index in [1.807, 2.05) is 30.3 Å². The fourth-order valence-electron chi connectivity index (χ4n) is 4.56. The fraction of sp³-hybridized carbons (Fsp3) is 0.267. The van der Waals surface area contributed by atoms with E-state index in [9.17, 15) is 23.7 Å². The molecule has 11 nitrogen and oxygen atoms in total. The average molecular weight is 626 g/mol. The molecule has 0 spiro atoms. The van der Waals surface area contributed by atoms with Crippen LogP contribution in [0.15, 0.2) is 78.9 Å². The van der Waals surface area contributed by atoms with Crippen LogP contribution in [0, 0.1) is 0 Å². The Kier molecular flexibility index (Phi) is 10.8. The molecule has 1 aliphatic rings. The summed E-state index contributed by atoms with van der Waals surface area (Å²) in [6.07, 6.45) is 0.0768. The minimum atomic E-state index is -4.71. The van der Waals surface area contributed by atoms with Gasteiger partial charge in [-0.2, -0.15) is 11.8 Å². The normalized spacial score (nSPS) is 16.1. The van der Waals surface area contributed by atoms with Gasteiger partial charge in [0.25, 0.3) is 0 Å². The van der Waals surface area contributed by atoms with Crippen LogP contribution in [0.2, 0.25) is 0 Å². The topological polar surface area (TPSA) is 162 Å². The van der Waals surface area contributed by atoms with Crippen molar-refractivity contribution in [2.24, 2.45) is 0 Å². The highest BCUT2D eigenvalue weighted by Gasteiger charge is 2.31. The van der Waals surface area contributed by atoms with E-state index in [4.69, 9.17) is 9.79 Å². The lowest BCUT2D eigenvalue weighted by Gasteiger charge is -2.26. The smallest absolute Gasteiger partial charge is 0.404 e. The van der Waals surface area contributed by atoms with E-state index in [0.717, 1.165) is 5.56 Å².